The van der Waals surface area contributed by atoms with Gasteiger partial charge in [0.25, 0.3) is 0 Å². The minimum Gasteiger partial charge on any atom is -0.439 e. The summed E-state index contributed by atoms with van der Waals surface area (Å²) in [6.07, 6.45) is 8.02. The molecule has 0 aliphatic carbocycles. The fourth-order valence-corrected chi connectivity index (χ4v) is 3.61. The molecule has 7 heteroatoms. The third-order valence-corrected chi connectivity index (χ3v) is 5.42. The Labute approximate surface area is 188 Å². The van der Waals surface area contributed by atoms with Crippen LogP contribution in [0.3, 0.4) is 0 Å². The highest BCUT2D eigenvalue weighted by Crippen LogP contribution is 2.27. The van der Waals surface area contributed by atoms with E-state index in [1.165, 1.54) is 5.57 Å². The molecule has 32 heavy (non-hydrogen) atoms. The summed E-state index contributed by atoms with van der Waals surface area (Å²) in [6.45, 7) is 7.31. The molecule has 2 aromatic heterocycles. The number of likely N-dealkylation sites (tertiary alicyclic amines) is 1. The summed E-state index contributed by atoms with van der Waals surface area (Å²) >= 11 is 0. The second-order valence-electron chi connectivity index (χ2n) is 8.14. The Morgan fingerprint density at radius 2 is 2.00 bits per heavy atom. The summed E-state index contributed by atoms with van der Waals surface area (Å²) in [5.74, 6) is 2.04. The van der Waals surface area contributed by atoms with Crippen molar-refractivity contribution in [3.8, 4) is 11.6 Å². The van der Waals surface area contributed by atoms with Crippen molar-refractivity contribution in [2.24, 2.45) is 5.92 Å². The first-order valence-electron chi connectivity index (χ1n) is 10.7. The predicted octanol–water partition coefficient (Wildman–Crippen LogP) is 5.24. The Morgan fingerprint density at radius 1 is 1.12 bits per heavy atom. The summed E-state index contributed by atoms with van der Waals surface area (Å²) in [7, 11) is 0. The van der Waals surface area contributed by atoms with E-state index < -0.39 is 0 Å². The number of aryl methyl sites for hydroxylation is 2. The maximum atomic E-state index is 12.6. The average Bonchev–Trinajstić information content (AvgIpc) is 2.78. The van der Waals surface area contributed by atoms with E-state index in [-0.39, 0.29) is 11.9 Å². The van der Waals surface area contributed by atoms with Gasteiger partial charge in [0, 0.05) is 25.4 Å². The molecule has 1 aliphatic rings. The molecule has 1 saturated heterocycles. The first-order valence-corrected chi connectivity index (χ1v) is 10.7. The molecule has 1 N–H and O–H groups in total. The Bertz CT molecular complexity index is 1110. The van der Waals surface area contributed by atoms with Crippen LogP contribution in [0.4, 0.5) is 10.6 Å². The smallest absolute Gasteiger partial charge is 0.323 e. The Hall–Kier alpha value is -3.74. The Balaban J connectivity index is 1.38. The number of urea groups is 1. The zero-order valence-corrected chi connectivity index (χ0v) is 18.6. The van der Waals surface area contributed by atoms with Crippen molar-refractivity contribution in [1.29, 1.82) is 0 Å². The third kappa shape index (κ3) is 5.49. The molecule has 3 heterocycles. The van der Waals surface area contributed by atoms with Gasteiger partial charge < -0.3 is 9.64 Å². The second-order valence-corrected chi connectivity index (χ2v) is 8.14. The van der Waals surface area contributed by atoms with Gasteiger partial charge in [0.2, 0.25) is 5.88 Å². The lowest BCUT2D eigenvalue weighted by molar-refractivity contribution is 0.197. The van der Waals surface area contributed by atoms with E-state index in [1.807, 2.05) is 49.1 Å². The molecule has 0 spiro atoms. The summed E-state index contributed by atoms with van der Waals surface area (Å²) in [6, 6.07) is 11.7. The number of nitrogens with zero attached hydrogens (tertiary/aromatic N) is 4. The lowest BCUT2D eigenvalue weighted by Gasteiger charge is -2.33. The van der Waals surface area contributed by atoms with Crippen LogP contribution in [0, 0.1) is 19.8 Å². The summed E-state index contributed by atoms with van der Waals surface area (Å²) in [5, 5.41) is 2.83. The minimum atomic E-state index is -0.143. The van der Waals surface area contributed by atoms with E-state index in [0.29, 0.717) is 24.8 Å². The van der Waals surface area contributed by atoms with Crippen LogP contribution in [0.15, 0.2) is 60.6 Å². The number of carbonyl (C=O) groups is 1. The molecule has 164 valence electrons. The van der Waals surface area contributed by atoms with E-state index >= 15 is 0 Å². The van der Waals surface area contributed by atoms with E-state index in [0.717, 1.165) is 29.0 Å². The molecule has 4 rings (SSSR count). The maximum absolute atomic E-state index is 12.6. The van der Waals surface area contributed by atoms with Gasteiger partial charge in [0.15, 0.2) is 5.82 Å². The van der Waals surface area contributed by atoms with Gasteiger partial charge in [-0.05, 0) is 49.4 Å². The SMILES string of the molecule is Cc1ccc(Oc2cccc(C=C3CCN(C(=O)Nc4cnc(C)cn4)CC3C)c2)nc1. The molecular weight excluding hydrogens is 402 g/mol. The second kappa shape index (κ2) is 9.60. The van der Waals surface area contributed by atoms with Crippen LogP contribution in [-0.2, 0) is 0 Å². The monoisotopic (exact) mass is 429 g/mol. The predicted molar refractivity (Wildman–Crippen MR) is 125 cm³/mol. The lowest BCUT2D eigenvalue weighted by Crippen LogP contribution is -2.42. The van der Waals surface area contributed by atoms with Gasteiger partial charge in [0.1, 0.15) is 5.75 Å². The molecule has 0 radical (unpaired) electrons. The van der Waals surface area contributed by atoms with Crippen molar-refractivity contribution in [3.05, 3.63) is 77.4 Å². The van der Waals surface area contributed by atoms with Crippen LogP contribution in [0.1, 0.15) is 30.2 Å². The molecule has 1 aliphatic heterocycles. The molecule has 1 aromatic carbocycles. The standard InChI is InChI=1S/C25H27N5O2/c1-17-7-8-24(28-13-17)32-22-6-4-5-20(12-22)11-21-9-10-30(16-18(21)2)25(31)29-23-15-26-19(3)14-27-23/h4-8,11-15,18H,9-10,16H2,1-3H3,(H,27,29,31). The van der Waals surface area contributed by atoms with Crippen molar-refractivity contribution >= 4 is 17.9 Å². The number of hydrogen-bond acceptors (Lipinski definition) is 5. The molecular formula is C25H27N5O2. The quantitative estimate of drug-likeness (QED) is 0.614. The van der Waals surface area contributed by atoms with Crippen molar-refractivity contribution < 1.29 is 9.53 Å². The van der Waals surface area contributed by atoms with Crippen LogP contribution < -0.4 is 10.1 Å². The van der Waals surface area contributed by atoms with Gasteiger partial charge >= 0.3 is 6.03 Å². The molecule has 1 atom stereocenters. The highest BCUT2D eigenvalue weighted by Gasteiger charge is 2.24. The van der Waals surface area contributed by atoms with Crippen molar-refractivity contribution in [2.75, 3.05) is 18.4 Å². The lowest BCUT2D eigenvalue weighted by atomic mass is 9.91. The topological polar surface area (TPSA) is 80.2 Å². The highest BCUT2D eigenvalue weighted by atomic mass is 16.5. The number of amides is 2. The molecule has 0 saturated carbocycles. The number of pyridine rings is 1. The van der Waals surface area contributed by atoms with Gasteiger partial charge in [-0.1, -0.05) is 36.8 Å². The first-order chi connectivity index (χ1) is 15.5. The average molecular weight is 430 g/mol. The third-order valence-electron chi connectivity index (χ3n) is 5.42. The molecule has 7 nitrogen and oxygen atoms in total. The normalized spacial score (nSPS) is 17.3. The van der Waals surface area contributed by atoms with Crippen LogP contribution in [0.5, 0.6) is 11.6 Å². The van der Waals surface area contributed by atoms with E-state index in [1.54, 1.807) is 18.6 Å². The maximum Gasteiger partial charge on any atom is 0.323 e. The summed E-state index contributed by atoms with van der Waals surface area (Å²) < 4.78 is 5.89. The molecule has 1 fully saturated rings. The number of carbonyl (C=O) groups excluding carboxylic acids is 1. The number of ether oxygens (including phenoxy) is 1. The van der Waals surface area contributed by atoms with Gasteiger partial charge in [-0.2, -0.15) is 0 Å². The Morgan fingerprint density at radius 3 is 2.72 bits per heavy atom. The van der Waals surface area contributed by atoms with Crippen LogP contribution >= 0.6 is 0 Å². The number of hydrogen-bond donors (Lipinski definition) is 1. The first kappa shape index (κ1) is 21.5. The van der Waals surface area contributed by atoms with Crippen molar-refractivity contribution in [3.63, 3.8) is 0 Å². The summed E-state index contributed by atoms with van der Waals surface area (Å²) in [4.78, 5) is 27.1. The van der Waals surface area contributed by atoms with Gasteiger partial charge in [0.05, 0.1) is 18.1 Å². The largest absolute Gasteiger partial charge is 0.439 e. The molecule has 3 aromatic rings. The molecule has 2 amide bonds. The fraction of sp³-hybridized carbons (Fsp3) is 0.280. The number of aromatic nitrogens is 3. The van der Waals surface area contributed by atoms with E-state index in [9.17, 15) is 4.79 Å². The minimum absolute atomic E-state index is 0.143. The molecule has 1 unspecified atom stereocenters. The van der Waals surface area contributed by atoms with Gasteiger partial charge in [-0.15, -0.1) is 0 Å². The number of anilines is 1. The van der Waals surface area contributed by atoms with Gasteiger partial charge in [-0.3, -0.25) is 10.3 Å². The molecule has 0 bridgehead atoms. The van der Waals surface area contributed by atoms with Crippen LogP contribution in [-0.4, -0.2) is 39.0 Å². The summed E-state index contributed by atoms with van der Waals surface area (Å²) in [5.41, 5.74) is 4.30. The van der Waals surface area contributed by atoms with Crippen molar-refractivity contribution in [2.45, 2.75) is 27.2 Å². The van der Waals surface area contributed by atoms with E-state index in [2.05, 4.69) is 39.3 Å². The van der Waals surface area contributed by atoms with Gasteiger partial charge in [-0.25, -0.2) is 14.8 Å². The highest BCUT2D eigenvalue weighted by molar-refractivity contribution is 5.88. The zero-order valence-electron chi connectivity index (χ0n) is 18.6. The number of piperidine rings is 1. The number of rotatable bonds is 4. The van der Waals surface area contributed by atoms with Crippen LogP contribution in [0.25, 0.3) is 6.08 Å². The van der Waals surface area contributed by atoms with E-state index in [4.69, 9.17) is 4.74 Å². The van der Waals surface area contributed by atoms with Crippen LogP contribution in [0.2, 0.25) is 0 Å². The fourth-order valence-electron chi connectivity index (χ4n) is 3.61. The number of benzene rings is 1. The Kier molecular flexibility index (Phi) is 6.44. The van der Waals surface area contributed by atoms with Crippen molar-refractivity contribution in [1.82, 2.24) is 19.9 Å². The number of nitrogens with one attached hydrogen (secondary N) is 1. The zero-order chi connectivity index (χ0) is 22.5.